The summed E-state index contributed by atoms with van der Waals surface area (Å²) in [5.41, 5.74) is 1.04. The van der Waals surface area contributed by atoms with Crippen LogP contribution >= 0.6 is 0 Å². The van der Waals surface area contributed by atoms with Gasteiger partial charge in [0.2, 0.25) is 5.91 Å². The summed E-state index contributed by atoms with van der Waals surface area (Å²) in [5, 5.41) is 2.54. The number of hydrogen-bond acceptors (Lipinski definition) is 3. The standard InChI is InChI=1S/C10H11NO3/c12-9-6-10(11-9)14-13-7-8-4-2-1-3-5-8/h1-5,10H,6-7H2,(H,11,12). The number of amides is 1. The Morgan fingerprint density at radius 1 is 1.36 bits per heavy atom. The Morgan fingerprint density at radius 3 is 2.71 bits per heavy atom. The topological polar surface area (TPSA) is 47.6 Å². The van der Waals surface area contributed by atoms with Crippen LogP contribution in [0.25, 0.3) is 0 Å². The van der Waals surface area contributed by atoms with E-state index in [-0.39, 0.29) is 12.1 Å². The Bertz CT molecular complexity index is 304. The van der Waals surface area contributed by atoms with Crippen LogP contribution in [0.2, 0.25) is 0 Å². The van der Waals surface area contributed by atoms with Crippen molar-refractivity contribution >= 4 is 5.91 Å². The lowest BCUT2D eigenvalue weighted by Gasteiger charge is -2.24. The second-order valence-corrected chi connectivity index (χ2v) is 3.10. The molecule has 1 unspecified atom stereocenters. The first-order valence-corrected chi connectivity index (χ1v) is 4.46. The maximum Gasteiger partial charge on any atom is 0.226 e. The molecular weight excluding hydrogens is 182 g/mol. The van der Waals surface area contributed by atoms with Crippen molar-refractivity contribution in [3.8, 4) is 0 Å². The maximum absolute atomic E-state index is 10.5. The van der Waals surface area contributed by atoms with Gasteiger partial charge in [-0.3, -0.25) is 4.79 Å². The lowest BCUT2D eigenvalue weighted by molar-refractivity contribution is -0.344. The molecule has 1 saturated heterocycles. The van der Waals surface area contributed by atoms with Crippen LogP contribution in [-0.2, 0) is 21.2 Å². The summed E-state index contributed by atoms with van der Waals surface area (Å²) < 4.78 is 0. The van der Waals surface area contributed by atoms with Crippen LogP contribution < -0.4 is 5.32 Å². The molecule has 4 nitrogen and oxygen atoms in total. The van der Waals surface area contributed by atoms with Crippen LogP contribution in [-0.4, -0.2) is 12.1 Å². The molecule has 2 rings (SSSR count). The number of hydrogen-bond donors (Lipinski definition) is 1. The van der Waals surface area contributed by atoms with Crippen molar-refractivity contribution in [3.05, 3.63) is 35.9 Å². The van der Waals surface area contributed by atoms with Crippen LogP contribution in [0.1, 0.15) is 12.0 Å². The zero-order chi connectivity index (χ0) is 9.80. The van der Waals surface area contributed by atoms with Crippen LogP contribution in [0.3, 0.4) is 0 Å². The minimum atomic E-state index is -0.272. The lowest BCUT2D eigenvalue weighted by atomic mass is 10.2. The Labute approximate surface area is 81.8 Å². The highest BCUT2D eigenvalue weighted by Crippen LogP contribution is 2.08. The quantitative estimate of drug-likeness (QED) is 0.440. The van der Waals surface area contributed by atoms with Crippen molar-refractivity contribution < 1.29 is 14.6 Å². The molecule has 4 heteroatoms. The third kappa shape index (κ3) is 2.31. The maximum atomic E-state index is 10.5. The average molecular weight is 193 g/mol. The minimum Gasteiger partial charge on any atom is -0.328 e. The molecule has 74 valence electrons. The number of β-lactam (4-membered cyclic amide) rings is 1. The lowest BCUT2D eigenvalue weighted by Crippen LogP contribution is -2.49. The van der Waals surface area contributed by atoms with Gasteiger partial charge in [-0.2, -0.15) is 0 Å². The molecule has 1 aromatic rings. The summed E-state index contributed by atoms with van der Waals surface area (Å²) in [4.78, 5) is 20.4. The fraction of sp³-hybridized carbons (Fsp3) is 0.300. The van der Waals surface area contributed by atoms with Gasteiger partial charge < -0.3 is 5.32 Å². The van der Waals surface area contributed by atoms with Crippen LogP contribution in [0.5, 0.6) is 0 Å². The van der Waals surface area contributed by atoms with Gasteiger partial charge in [-0.15, -0.1) is 0 Å². The molecule has 0 saturated carbocycles. The first-order valence-electron chi connectivity index (χ1n) is 4.46. The molecule has 1 aliphatic heterocycles. The highest BCUT2D eigenvalue weighted by molar-refractivity contribution is 5.82. The summed E-state index contributed by atoms with van der Waals surface area (Å²) >= 11 is 0. The molecule has 1 N–H and O–H groups in total. The Kier molecular flexibility index (Phi) is 2.76. The summed E-state index contributed by atoms with van der Waals surface area (Å²) in [6, 6.07) is 9.70. The van der Waals surface area contributed by atoms with Gasteiger partial charge in [0.25, 0.3) is 0 Å². The van der Waals surface area contributed by atoms with Crippen LogP contribution in [0, 0.1) is 0 Å². The molecule has 14 heavy (non-hydrogen) atoms. The second-order valence-electron chi connectivity index (χ2n) is 3.10. The van der Waals surface area contributed by atoms with E-state index < -0.39 is 0 Å². The molecule has 0 aromatic heterocycles. The fourth-order valence-electron chi connectivity index (χ4n) is 1.14. The van der Waals surface area contributed by atoms with Gasteiger partial charge in [-0.05, 0) is 5.56 Å². The van der Waals surface area contributed by atoms with Crippen molar-refractivity contribution in [1.82, 2.24) is 5.32 Å². The minimum absolute atomic E-state index is 0.00156. The molecule has 1 fully saturated rings. The predicted octanol–water partition coefficient (Wildman–Crippen LogP) is 0.981. The van der Waals surface area contributed by atoms with E-state index in [1.165, 1.54) is 0 Å². The molecule has 0 bridgehead atoms. The van der Waals surface area contributed by atoms with Gasteiger partial charge in [0.15, 0.2) is 6.23 Å². The SMILES string of the molecule is O=C1CC(OOCc2ccccc2)N1. The number of rotatable bonds is 4. The summed E-state index contributed by atoms with van der Waals surface area (Å²) in [6.07, 6.45) is 0.112. The molecule has 1 atom stereocenters. The molecule has 0 radical (unpaired) electrons. The van der Waals surface area contributed by atoms with Crippen molar-refractivity contribution in [2.45, 2.75) is 19.3 Å². The van der Waals surface area contributed by atoms with E-state index in [9.17, 15) is 4.79 Å². The third-order valence-corrected chi connectivity index (χ3v) is 1.95. The first kappa shape index (κ1) is 9.18. The van der Waals surface area contributed by atoms with E-state index in [4.69, 9.17) is 9.78 Å². The van der Waals surface area contributed by atoms with Gasteiger partial charge in [0.1, 0.15) is 6.61 Å². The van der Waals surface area contributed by atoms with Crippen LogP contribution in [0.15, 0.2) is 30.3 Å². The van der Waals surface area contributed by atoms with Gasteiger partial charge in [0, 0.05) is 0 Å². The third-order valence-electron chi connectivity index (χ3n) is 1.95. The summed E-state index contributed by atoms with van der Waals surface area (Å²) in [7, 11) is 0. The van der Waals surface area contributed by atoms with E-state index in [1.54, 1.807) is 0 Å². The number of nitrogens with one attached hydrogen (secondary N) is 1. The van der Waals surface area contributed by atoms with E-state index in [0.717, 1.165) is 5.56 Å². The Balaban J connectivity index is 1.66. The van der Waals surface area contributed by atoms with Gasteiger partial charge in [-0.1, -0.05) is 30.3 Å². The number of carbonyl (C=O) groups excluding carboxylic acids is 1. The highest BCUT2D eigenvalue weighted by Gasteiger charge is 2.26. The zero-order valence-electron chi connectivity index (χ0n) is 7.60. The zero-order valence-corrected chi connectivity index (χ0v) is 7.60. The Hall–Kier alpha value is -1.39. The second kappa shape index (κ2) is 4.21. The molecule has 0 aliphatic carbocycles. The molecule has 1 aromatic carbocycles. The number of benzene rings is 1. The molecule has 1 heterocycles. The molecule has 1 amide bonds. The van der Waals surface area contributed by atoms with E-state index in [1.807, 2.05) is 30.3 Å². The van der Waals surface area contributed by atoms with Gasteiger partial charge in [-0.25, -0.2) is 9.78 Å². The smallest absolute Gasteiger partial charge is 0.226 e. The molecular formula is C10H11NO3. The van der Waals surface area contributed by atoms with Crippen molar-refractivity contribution in [3.63, 3.8) is 0 Å². The van der Waals surface area contributed by atoms with Crippen LogP contribution in [0.4, 0.5) is 0 Å². The van der Waals surface area contributed by atoms with Gasteiger partial charge >= 0.3 is 0 Å². The van der Waals surface area contributed by atoms with E-state index in [0.29, 0.717) is 13.0 Å². The first-order chi connectivity index (χ1) is 6.84. The van der Waals surface area contributed by atoms with Crippen molar-refractivity contribution in [2.24, 2.45) is 0 Å². The monoisotopic (exact) mass is 193 g/mol. The largest absolute Gasteiger partial charge is 0.328 e. The van der Waals surface area contributed by atoms with Gasteiger partial charge in [0.05, 0.1) is 6.42 Å². The molecule has 1 aliphatic rings. The number of carbonyl (C=O) groups is 1. The van der Waals surface area contributed by atoms with Crippen molar-refractivity contribution in [2.75, 3.05) is 0 Å². The molecule has 0 spiro atoms. The summed E-state index contributed by atoms with van der Waals surface area (Å²) in [6.45, 7) is 0.396. The highest BCUT2D eigenvalue weighted by atomic mass is 17.2. The predicted molar refractivity (Wildman–Crippen MR) is 48.9 cm³/mol. The Morgan fingerprint density at radius 2 is 2.07 bits per heavy atom. The average Bonchev–Trinajstić information content (AvgIpc) is 2.17. The fourth-order valence-corrected chi connectivity index (χ4v) is 1.14. The van der Waals surface area contributed by atoms with E-state index in [2.05, 4.69) is 5.32 Å². The summed E-state index contributed by atoms with van der Waals surface area (Å²) in [5.74, 6) is -0.00156. The van der Waals surface area contributed by atoms with Crippen molar-refractivity contribution in [1.29, 1.82) is 0 Å². The normalized spacial score (nSPS) is 20.0. The van der Waals surface area contributed by atoms with E-state index >= 15 is 0 Å².